The molecule has 33 heavy (non-hydrogen) atoms. The van der Waals surface area contributed by atoms with E-state index in [9.17, 15) is 14.4 Å². The molecule has 2 aromatic rings. The van der Waals surface area contributed by atoms with Crippen molar-refractivity contribution in [2.45, 2.75) is 46.3 Å². The summed E-state index contributed by atoms with van der Waals surface area (Å²) in [5.74, 6) is -0.146. The van der Waals surface area contributed by atoms with Crippen LogP contribution >= 0.6 is 0 Å². The maximum Gasteiger partial charge on any atom is 0.408 e. The number of methoxy groups -OCH3 is 1. The maximum atomic E-state index is 13.3. The van der Waals surface area contributed by atoms with E-state index in [-0.39, 0.29) is 12.5 Å². The normalized spacial score (nSPS) is 11.8. The van der Waals surface area contributed by atoms with Crippen LogP contribution in [0.4, 0.5) is 10.5 Å². The van der Waals surface area contributed by atoms with Crippen molar-refractivity contribution in [1.29, 1.82) is 0 Å². The average molecular weight is 456 g/mol. The van der Waals surface area contributed by atoms with Gasteiger partial charge in [-0.2, -0.15) is 0 Å². The molecule has 2 rings (SSSR count). The summed E-state index contributed by atoms with van der Waals surface area (Å²) < 4.78 is 10.3. The van der Waals surface area contributed by atoms with Crippen LogP contribution in [-0.4, -0.2) is 49.1 Å². The third kappa shape index (κ3) is 7.82. The SMILES string of the molecule is COc1ccc(NC(=O)C(c2cc(C)cc(C)c2)N(C)C(=O)CNC(=O)OC(C)(C)C)cc1. The van der Waals surface area contributed by atoms with E-state index in [4.69, 9.17) is 9.47 Å². The molecule has 0 spiro atoms. The number of hydrogen-bond acceptors (Lipinski definition) is 5. The van der Waals surface area contributed by atoms with Crippen molar-refractivity contribution in [2.24, 2.45) is 0 Å². The van der Waals surface area contributed by atoms with Crippen LogP contribution in [0.2, 0.25) is 0 Å². The van der Waals surface area contributed by atoms with Crippen molar-refractivity contribution >= 4 is 23.6 Å². The molecule has 0 aliphatic carbocycles. The molecule has 1 atom stereocenters. The fourth-order valence-electron chi connectivity index (χ4n) is 3.33. The second kappa shape index (κ2) is 10.8. The molecule has 0 aliphatic rings. The van der Waals surface area contributed by atoms with Gasteiger partial charge in [-0.15, -0.1) is 0 Å². The highest BCUT2D eigenvalue weighted by atomic mass is 16.6. The molecule has 0 aliphatic heterocycles. The van der Waals surface area contributed by atoms with Crippen molar-refractivity contribution in [3.05, 3.63) is 59.2 Å². The molecule has 1 unspecified atom stereocenters. The van der Waals surface area contributed by atoms with Crippen molar-refractivity contribution in [2.75, 3.05) is 26.0 Å². The van der Waals surface area contributed by atoms with Gasteiger partial charge in [0.1, 0.15) is 23.9 Å². The van der Waals surface area contributed by atoms with Crippen molar-refractivity contribution in [3.63, 3.8) is 0 Å². The first-order valence-electron chi connectivity index (χ1n) is 10.6. The fourth-order valence-corrected chi connectivity index (χ4v) is 3.33. The molecule has 0 bridgehead atoms. The topological polar surface area (TPSA) is 97.0 Å². The quantitative estimate of drug-likeness (QED) is 0.658. The average Bonchev–Trinajstić information content (AvgIpc) is 2.70. The first-order valence-corrected chi connectivity index (χ1v) is 10.6. The van der Waals surface area contributed by atoms with Gasteiger partial charge in [0.2, 0.25) is 5.91 Å². The highest BCUT2D eigenvalue weighted by molar-refractivity contribution is 5.98. The van der Waals surface area contributed by atoms with Crippen LogP contribution in [0.15, 0.2) is 42.5 Å². The standard InChI is InChI=1S/C25H33N3O5/c1-16-12-17(2)14-18(13-16)22(23(30)27-19-8-10-20(32-7)11-9-19)28(6)21(29)15-26-24(31)33-25(3,4)5/h8-14,22H,15H2,1-7H3,(H,26,31)(H,27,30). The predicted octanol–water partition coefficient (Wildman–Crippen LogP) is 3.97. The van der Waals surface area contributed by atoms with Gasteiger partial charge in [-0.1, -0.05) is 29.3 Å². The van der Waals surface area contributed by atoms with Gasteiger partial charge in [0.05, 0.1) is 7.11 Å². The summed E-state index contributed by atoms with van der Waals surface area (Å²) in [6.07, 6.45) is -0.699. The van der Waals surface area contributed by atoms with Gasteiger partial charge in [0.15, 0.2) is 0 Å². The summed E-state index contributed by atoms with van der Waals surface area (Å²) in [6.45, 7) is 8.77. The highest BCUT2D eigenvalue weighted by Crippen LogP contribution is 2.25. The van der Waals surface area contributed by atoms with E-state index in [1.54, 1.807) is 52.1 Å². The molecule has 0 fully saturated rings. The van der Waals surface area contributed by atoms with Gasteiger partial charge >= 0.3 is 6.09 Å². The molecule has 0 aromatic heterocycles. The van der Waals surface area contributed by atoms with Crippen LogP contribution < -0.4 is 15.4 Å². The van der Waals surface area contributed by atoms with Gasteiger partial charge in [-0.05, 0) is 64.4 Å². The van der Waals surface area contributed by atoms with E-state index in [1.807, 2.05) is 32.0 Å². The lowest BCUT2D eigenvalue weighted by Gasteiger charge is -2.28. The predicted molar refractivity (Wildman–Crippen MR) is 127 cm³/mol. The zero-order valence-corrected chi connectivity index (χ0v) is 20.3. The number of likely N-dealkylation sites (N-methyl/N-ethyl adjacent to an activating group) is 1. The third-order valence-corrected chi connectivity index (χ3v) is 4.73. The van der Waals surface area contributed by atoms with Gasteiger partial charge in [-0.25, -0.2) is 4.79 Å². The second-order valence-corrected chi connectivity index (χ2v) is 8.90. The first-order chi connectivity index (χ1) is 15.4. The van der Waals surface area contributed by atoms with Crippen LogP contribution in [0.3, 0.4) is 0 Å². The Bertz CT molecular complexity index is 976. The smallest absolute Gasteiger partial charge is 0.408 e. The Morgan fingerprint density at radius 1 is 1.00 bits per heavy atom. The lowest BCUT2D eigenvalue weighted by atomic mass is 9.99. The minimum atomic E-state index is -0.904. The number of nitrogens with zero attached hydrogens (tertiary/aromatic N) is 1. The molecule has 8 heteroatoms. The highest BCUT2D eigenvalue weighted by Gasteiger charge is 2.29. The molecule has 0 radical (unpaired) electrons. The number of carbonyl (C=O) groups is 3. The molecule has 0 saturated heterocycles. The number of aryl methyl sites for hydroxylation is 2. The summed E-state index contributed by atoms with van der Waals surface area (Å²) in [4.78, 5) is 39.5. The molecule has 178 valence electrons. The van der Waals surface area contributed by atoms with Crippen molar-refractivity contribution in [1.82, 2.24) is 10.2 Å². The summed E-state index contributed by atoms with van der Waals surface area (Å²) in [5.41, 5.74) is 2.51. The zero-order valence-electron chi connectivity index (χ0n) is 20.3. The minimum absolute atomic E-state index is 0.303. The van der Waals surface area contributed by atoms with Crippen molar-refractivity contribution in [3.8, 4) is 5.75 Å². The summed E-state index contributed by atoms with van der Waals surface area (Å²) in [6, 6.07) is 11.8. The van der Waals surface area contributed by atoms with E-state index in [1.165, 1.54) is 11.9 Å². The molecule has 8 nitrogen and oxygen atoms in total. The van der Waals surface area contributed by atoms with Gasteiger partial charge < -0.3 is 25.0 Å². The first kappa shape index (κ1) is 25.7. The zero-order chi connectivity index (χ0) is 24.8. The summed E-state index contributed by atoms with van der Waals surface area (Å²) in [5, 5.41) is 5.31. The van der Waals surface area contributed by atoms with Crippen LogP contribution in [0.5, 0.6) is 5.75 Å². The molecular formula is C25H33N3O5. The van der Waals surface area contributed by atoms with Crippen LogP contribution in [0.1, 0.15) is 43.5 Å². The Labute approximate surface area is 195 Å². The van der Waals surface area contributed by atoms with Crippen LogP contribution in [0, 0.1) is 13.8 Å². The van der Waals surface area contributed by atoms with Gasteiger partial charge in [0.25, 0.3) is 5.91 Å². The Hall–Kier alpha value is -3.55. The van der Waals surface area contributed by atoms with E-state index in [2.05, 4.69) is 10.6 Å². The second-order valence-electron chi connectivity index (χ2n) is 8.90. The molecule has 3 amide bonds. The number of benzene rings is 2. The summed E-state index contributed by atoms with van der Waals surface area (Å²) in [7, 11) is 3.10. The number of alkyl carbamates (subject to hydrolysis) is 1. The number of rotatable bonds is 7. The number of carbonyl (C=O) groups excluding carboxylic acids is 3. The van der Waals surface area contributed by atoms with Crippen molar-refractivity contribution < 1.29 is 23.9 Å². The van der Waals surface area contributed by atoms with Gasteiger partial charge in [-0.3, -0.25) is 9.59 Å². The van der Waals surface area contributed by atoms with E-state index in [0.29, 0.717) is 17.0 Å². The van der Waals surface area contributed by atoms with E-state index < -0.39 is 23.6 Å². The number of anilines is 1. The third-order valence-electron chi connectivity index (χ3n) is 4.73. The fraction of sp³-hybridized carbons (Fsp3) is 0.400. The Kier molecular flexibility index (Phi) is 8.45. The maximum absolute atomic E-state index is 13.3. The number of ether oxygens (including phenoxy) is 2. The van der Waals surface area contributed by atoms with E-state index >= 15 is 0 Å². The Morgan fingerprint density at radius 3 is 2.09 bits per heavy atom. The Balaban J connectivity index is 2.24. The van der Waals surface area contributed by atoms with Crippen LogP contribution in [-0.2, 0) is 14.3 Å². The lowest BCUT2D eigenvalue weighted by molar-refractivity contribution is -0.136. The van der Waals surface area contributed by atoms with E-state index in [0.717, 1.165) is 11.1 Å². The molecule has 0 saturated carbocycles. The number of nitrogens with one attached hydrogen (secondary N) is 2. The number of hydrogen-bond donors (Lipinski definition) is 2. The van der Waals surface area contributed by atoms with Crippen LogP contribution in [0.25, 0.3) is 0 Å². The molecule has 2 N–H and O–H groups in total. The monoisotopic (exact) mass is 455 g/mol. The largest absolute Gasteiger partial charge is 0.497 e. The number of amides is 3. The molecular weight excluding hydrogens is 422 g/mol. The lowest BCUT2D eigenvalue weighted by Crippen LogP contribution is -2.44. The minimum Gasteiger partial charge on any atom is -0.497 e. The Morgan fingerprint density at radius 2 is 1.58 bits per heavy atom. The molecule has 0 heterocycles. The molecule has 2 aromatic carbocycles. The van der Waals surface area contributed by atoms with Gasteiger partial charge in [0, 0.05) is 12.7 Å². The summed E-state index contributed by atoms with van der Waals surface area (Å²) >= 11 is 0.